The molecule has 0 bridgehead atoms. The number of hydrogen-bond donors (Lipinski definition) is 3. The Hall–Kier alpha value is -5.89. The van der Waals surface area contributed by atoms with Crippen LogP contribution in [-0.4, -0.2) is 55.6 Å². The van der Waals surface area contributed by atoms with Crippen molar-refractivity contribution < 1.29 is 9.18 Å². The van der Waals surface area contributed by atoms with Gasteiger partial charge in [-0.1, -0.05) is 42.5 Å². The van der Waals surface area contributed by atoms with Gasteiger partial charge in [0, 0.05) is 34.3 Å². The quantitative estimate of drug-likeness (QED) is 0.129. The lowest BCUT2D eigenvalue weighted by atomic mass is 9.99. The Morgan fingerprint density at radius 2 is 1.78 bits per heavy atom. The second kappa shape index (κ2) is 13.3. The van der Waals surface area contributed by atoms with E-state index in [-0.39, 0.29) is 5.82 Å². The van der Waals surface area contributed by atoms with Crippen LogP contribution in [0.5, 0.6) is 0 Å². The summed E-state index contributed by atoms with van der Waals surface area (Å²) in [6.45, 7) is 3.39. The molecule has 242 valence electrons. The third-order valence-corrected chi connectivity index (χ3v) is 9.26. The molecule has 0 amide bonds. The van der Waals surface area contributed by atoms with Crippen LogP contribution in [0.25, 0.3) is 61.3 Å². The van der Waals surface area contributed by atoms with Gasteiger partial charge in [0.15, 0.2) is 5.94 Å². The van der Waals surface area contributed by atoms with E-state index in [1.165, 1.54) is 25.9 Å². The number of H-pyrrole nitrogens is 2. The minimum atomic E-state index is -0.229. The number of aryl methyl sites for hydroxylation is 1. The van der Waals surface area contributed by atoms with Crippen molar-refractivity contribution in [3.05, 3.63) is 120 Å². The van der Waals surface area contributed by atoms with Crippen molar-refractivity contribution in [3.8, 4) is 33.6 Å². The highest BCUT2D eigenvalue weighted by Crippen LogP contribution is 2.35. The zero-order valence-electron chi connectivity index (χ0n) is 26.8. The molecule has 9 heteroatoms. The first kappa shape index (κ1) is 30.4. The molecule has 1 aliphatic heterocycles. The van der Waals surface area contributed by atoms with Crippen molar-refractivity contribution in [1.82, 2.24) is 30.0 Å². The van der Waals surface area contributed by atoms with Crippen molar-refractivity contribution in [1.29, 1.82) is 0 Å². The number of fused-ring (bicyclic) bond motifs is 2. The number of benzene rings is 3. The SMILES string of the molecule is O=C=C(Nc1cncc(-c2ccc3[nH]nc(-c4cc5c(-c6cc(F)cc(CCCN7CCCC7)c6)ccnc5[nH]4)c3c2)c1)c1ccccc1. The fraction of sp³-hybridized carbons (Fsp3) is 0.175. The van der Waals surface area contributed by atoms with Crippen LogP contribution < -0.4 is 5.32 Å². The minimum absolute atomic E-state index is 0.229. The van der Waals surface area contributed by atoms with Gasteiger partial charge in [-0.05, 0) is 110 Å². The Morgan fingerprint density at radius 3 is 2.63 bits per heavy atom. The minimum Gasteiger partial charge on any atom is -0.345 e. The van der Waals surface area contributed by atoms with Gasteiger partial charge in [0.25, 0.3) is 0 Å². The predicted molar refractivity (Wildman–Crippen MR) is 193 cm³/mol. The number of aromatic nitrogens is 5. The summed E-state index contributed by atoms with van der Waals surface area (Å²) in [4.78, 5) is 26.7. The summed E-state index contributed by atoms with van der Waals surface area (Å²) in [6, 6.07) is 26.7. The highest BCUT2D eigenvalue weighted by atomic mass is 19.1. The van der Waals surface area contributed by atoms with Crippen LogP contribution in [0.1, 0.15) is 30.4 Å². The van der Waals surface area contributed by atoms with Crippen molar-refractivity contribution in [2.45, 2.75) is 25.7 Å². The molecule has 0 atom stereocenters. The van der Waals surface area contributed by atoms with Crippen molar-refractivity contribution in [2.75, 3.05) is 25.0 Å². The molecule has 49 heavy (non-hydrogen) atoms. The standard InChI is InChI=1S/C40H34FN7O/c41-31-18-26(7-6-16-48-14-4-5-15-48)17-29(19-31)33-12-13-43-40-34(33)22-37(45-40)39-35-21-28(10-11-36(35)46-47-39)30-20-32(24-42-23-30)44-38(25-49)27-8-2-1-3-9-27/h1-3,8-13,17-24,44H,4-7,14-16H2,(H,43,45)(H,46,47). The highest BCUT2D eigenvalue weighted by molar-refractivity contribution is 6.01. The van der Waals surface area contributed by atoms with E-state index in [4.69, 9.17) is 0 Å². The number of pyridine rings is 2. The highest BCUT2D eigenvalue weighted by Gasteiger charge is 2.17. The van der Waals surface area contributed by atoms with Crippen molar-refractivity contribution in [2.24, 2.45) is 0 Å². The lowest BCUT2D eigenvalue weighted by Gasteiger charge is -2.14. The molecule has 7 aromatic rings. The van der Waals surface area contributed by atoms with Gasteiger partial charge in [0.1, 0.15) is 22.9 Å². The third kappa shape index (κ3) is 6.37. The van der Waals surface area contributed by atoms with Gasteiger partial charge in [-0.15, -0.1) is 0 Å². The Bertz CT molecular complexity index is 2330. The molecule has 1 aliphatic rings. The molecule has 0 aliphatic carbocycles. The van der Waals surface area contributed by atoms with Crippen molar-refractivity contribution >= 4 is 39.3 Å². The normalized spacial score (nSPS) is 13.2. The number of nitrogens with one attached hydrogen (secondary N) is 3. The molecule has 4 aromatic heterocycles. The molecule has 8 rings (SSSR count). The van der Waals surface area contributed by atoms with Gasteiger partial charge < -0.3 is 15.2 Å². The number of hydrogen-bond acceptors (Lipinski definition) is 6. The van der Waals surface area contributed by atoms with Crippen LogP contribution >= 0.6 is 0 Å². The van der Waals surface area contributed by atoms with Crippen LogP contribution in [0.4, 0.5) is 10.1 Å². The van der Waals surface area contributed by atoms with Crippen LogP contribution in [-0.2, 0) is 11.2 Å². The lowest BCUT2D eigenvalue weighted by Crippen LogP contribution is -2.20. The summed E-state index contributed by atoms with van der Waals surface area (Å²) in [7, 11) is 0. The number of rotatable bonds is 10. The topological polar surface area (TPSA) is 103 Å². The van der Waals surface area contributed by atoms with Gasteiger partial charge in [-0.3, -0.25) is 10.1 Å². The molecule has 8 nitrogen and oxygen atoms in total. The molecule has 3 aromatic carbocycles. The van der Waals surface area contributed by atoms with Gasteiger partial charge in [-0.25, -0.2) is 14.2 Å². The van der Waals surface area contributed by atoms with Crippen LogP contribution in [0.2, 0.25) is 0 Å². The Balaban J connectivity index is 1.09. The second-order valence-corrected chi connectivity index (χ2v) is 12.6. The average Bonchev–Trinajstić information content (AvgIpc) is 3.91. The predicted octanol–water partition coefficient (Wildman–Crippen LogP) is 8.29. The molecule has 5 heterocycles. The number of carbonyl (C=O) groups excluding carboxylic acids is 1. The number of halogens is 1. The molecule has 1 fully saturated rings. The van der Waals surface area contributed by atoms with Crippen molar-refractivity contribution in [3.63, 3.8) is 0 Å². The summed E-state index contributed by atoms with van der Waals surface area (Å²) in [5, 5.41) is 12.8. The fourth-order valence-corrected chi connectivity index (χ4v) is 6.84. The lowest BCUT2D eigenvalue weighted by molar-refractivity contribution is 0.334. The summed E-state index contributed by atoms with van der Waals surface area (Å²) < 4.78 is 14.9. The van der Waals surface area contributed by atoms with E-state index in [9.17, 15) is 9.18 Å². The molecule has 1 saturated heterocycles. The zero-order valence-corrected chi connectivity index (χ0v) is 26.8. The third-order valence-electron chi connectivity index (χ3n) is 9.26. The first-order valence-electron chi connectivity index (χ1n) is 16.6. The van der Waals surface area contributed by atoms with E-state index in [0.717, 1.165) is 80.4 Å². The Morgan fingerprint density at radius 1 is 0.898 bits per heavy atom. The van der Waals surface area contributed by atoms with Crippen LogP contribution in [0.15, 0.2) is 104 Å². The van der Waals surface area contributed by atoms with E-state index in [0.29, 0.717) is 17.0 Å². The van der Waals surface area contributed by atoms with E-state index < -0.39 is 0 Å². The van der Waals surface area contributed by atoms with E-state index in [1.807, 2.05) is 66.6 Å². The monoisotopic (exact) mass is 647 g/mol. The van der Waals surface area contributed by atoms with Gasteiger partial charge >= 0.3 is 0 Å². The van der Waals surface area contributed by atoms with E-state index >= 15 is 0 Å². The molecule has 0 saturated carbocycles. The first-order chi connectivity index (χ1) is 24.1. The smallest absolute Gasteiger partial charge is 0.151 e. The maximum Gasteiger partial charge on any atom is 0.151 e. The molecular weight excluding hydrogens is 613 g/mol. The number of anilines is 1. The molecule has 0 radical (unpaired) electrons. The van der Waals surface area contributed by atoms with E-state index in [1.54, 1.807) is 30.7 Å². The second-order valence-electron chi connectivity index (χ2n) is 12.6. The molecular formula is C40H34FN7O. The largest absolute Gasteiger partial charge is 0.345 e. The fourth-order valence-electron chi connectivity index (χ4n) is 6.84. The summed E-state index contributed by atoms with van der Waals surface area (Å²) in [6.07, 6.45) is 9.63. The number of nitrogens with zero attached hydrogens (tertiary/aromatic N) is 4. The average molecular weight is 648 g/mol. The van der Waals surface area contributed by atoms with Crippen LogP contribution in [0, 0.1) is 5.82 Å². The number of likely N-dealkylation sites (tertiary alicyclic amines) is 1. The first-order valence-corrected chi connectivity index (χ1v) is 16.6. The maximum atomic E-state index is 14.9. The van der Waals surface area contributed by atoms with Gasteiger partial charge in [0.2, 0.25) is 0 Å². The van der Waals surface area contributed by atoms with Gasteiger partial charge in [-0.2, -0.15) is 5.10 Å². The Kier molecular flexibility index (Phi) is 8.27. The molecule has 0 spiro atoms. The zero-order chi connectivity index (χ0) is 33.2. The molecule has 0 unspecified atom stereocenters. The maximum absolute atomic E-state index is 14.9. The van der Waals surface area contributed by atoms with Crippen LogP contribution in [0.3, 0.4) is 0 Å². The van der Waals surface area contributed by atoms with Gasteiger partial charge in [0.05, 0.1) is 23.1 Å². The summed E-state index contributed by atoms with van der Waals surface area (Å²) in [5.74, 6) is 1.78. The Labute approximate surface area is 282 Å². The summed E-state index contributed by atoms with van der Waals surface area (Å²) >= 11 is 0. The van der Waals surface area contributed by atoms with E-state index in [2.05, 4.69) is 47.5 Å². The molecule has 3 N–H and O–H groups in total. The number of aromatic amines is 2. The summed E-state index contributed by atoms with van der Waals surface area (Å²) in [5.41, 5.74) is 9.48.